The largest absolute Gasteiger partial charge is 0.383 e. The number of anilines is 1. The van der Waals surface area contributed by atoms with E-state index in [9.17, 15) is 9.59 Å². The molecule has 1 unspecified atom stereocenters. The molecule has 0 saturated heterocycles. The van der Waals surface area contributed by atoms with Gasteiger partial charge < -0.3 is 10.6 Å². The number of unbranched alkanes of at least 4 members (excludes halogenated alkanes) is 2. The van der Waals surface area contributed by atoms with Crippen molar-refractivity contribution in [1.29, 1.82) is 0 Å². The summed E-state index contributed by atoms with van der Waals surface area (Å²) in [5.74, 6) is 0.373. The molecule has 0 aliphatic rings. The molecule has 168 valence electrons. The van der Waals surface area contributed by atoms with Crippen LogP contribution in [0.2, 0.25) is 0 Å². The van der Waals surface area contributed by atoms with Gasteiger partial charge in [-0.25, -0.2) is 0 Å². The first kappa shape index (κ1) is 23.5. The Morgan fingerprint density at radius 2 is 1.59 bits per heavy atom. The molecule has 0 radical (unpaired) electrons. The number of amides is 1. The highest BCUT2D eigenvalue weighted by Gasteiger charge is 2.13. The molecule has 4 heteroatoms. The molecule has 3 rings (SSSR count). The van der Waals surface area contributed by atoms with Crippen LogP contribution in [-0.2, 0) is 16.0 Å². The summed E-state index contributed by atoms with van der Waals surface area (Å²) < 4.78 is 0. The fraction of sp³-hybridized carbons (Fsp3) is 0.357. The van der Waals surface area contributed by atoms with E-state index in [0.717, 1.165) is 36.9 Å². The Morgan fingerprint density at radius 3 is 2.38 bits per heavy atom. The molecule has 0 bridgehead atoms. The Balaban J connectivity index is 1.55. The van der Waals surface area contributed by atoms with E-state index < -0.39 is 0 Å². The van der Waals surface area contributed by atoms with Crippen molar-refractivity contribution in [3.8, 4) is 0 Å². The standard InChI is InChI=1S/C28H34N2O2/c1-2-27(31)16-8-4-7-15-26(30-28(32)19-22-11-5-3-6-12-22)21-29-25-18-17-23-13-9-10-14-24(23)20-25/h3,5-6,9-14,17-18,20,26,29H,2,4,7-8,15-16,19,21H2,1H3,(H,30,32). The molecule has 32 heavy (non-hydrogen) atoms. The van der Waals surface area contributed by atoms with Crippen molar-refractivity contribution in [3.63, 3.8) is 0 Å². The first-order chi connectivity index (χ1) is 15.6. The van der Waals surface area contributed by atoms with E-state index in [1.54, 1.807) is 0 Å². The summed E-state index contributed by atoms with van der Waals surface area (Å²) in [5.41, 5.74) is 2.07. The normalized spacial score (nSPS) is 11.8. The zero-order chi connectivity index (χ0) is 22.6. The van der Waals surface area contributed by atoms with Crippen molar-refractivity contribution in [3.05, 3.63) is 78.4 Å². The molecule has 3 aromatic carbocycles. The van der Waals surface area contributed by atoms with Crippen molar-refractivity contribution in [2.24, 2.45) is 0 Å². The molecule has 0 aliphatic heterocycles. The lowest BCUT2D eigenvalue weighted by Gasteiger charge is -2.20. The summed E-state index contributed by atoms with van der Waals surface area (Å²) in [4.78, 5) is 24.2. The van der Waals surface area contributed by atoms with Gasteiger partial charge in [0.1, 0.15) is 5.78 Å². The lowest BCUT2D eigenvalue weighted by Crippen LogP contribution is -2.40. The number of hydrogen-bond acceptors (Lipinski definition) is 3. The number of nitrogens with one attached hydrogen (secondary N) is 2. The lowest BCUT2D eigenvalue weighted by atomic mass is 10.0. The van der Waals surface area contributed by atoms with Crippen LogP contribution in [0.15, 0.2) is 72.8 Å². The van der Waals surface area contributed by atoms with Gasteiger partial charge in [0, 0.05) is 31.1 Å². The minimum Gasteiger partial charge on any atom is -0.383 e. The number of fused-ring (bicyclic) bond motifs is 1. The summed E-state index contributed by atoms with van der Waals surface area (Å²) in [6.07, 6.45) is 5.49. The topological polar surface area (TPSA) is 58.2 Å². The van der Waals surface area contributed by atoms with Gasteiger partial charge in [-0.2, -0.15) is 0 Å². The summed E-state index contributed by atoms with van der Waals surface area (Å²) in [6.45, 7) is 2.59. The first-order valence-electron chi connectivity index (χ1n) is 11.7. The molecule has 0 heterocycles. The smallest absolute Gasteiger partial charge is 0.224 e. The van der Waals surface area contributed by atoms with Crippen LogP contribution in [0.4, 0.5) is 5.69 Å². The Bertz CT molecular complexity index is 1000. The Morgan fingerprint density at radius 1 is 0.844 bits per heavy atom. The number of benzene rings is 3. The molecule has 0 aromatic heterocycles. The molecular weight excluding hydrogens is 396 g/mol. The maximum atomic E-state index is 12.6. The summed E-state index contributed by atoms with van der Waals surface area (Å²) in [6, 6.07) is 24.5. The van der Waals surface area contributed by atoms with Crippen LogP contribution in [0, 0.1) is 0 Å². The number of hydrogen-bond donors (Lipinski definition) is 2. The van der Waals surface area contributed by atoms with Crippen LogP contribution in [-0.4, -0.2) is 24.3 Å². The zero-order valence-electron chi connectivity index (χ0n) is 19.0. The van der Waals surface area contributed by atoms with Gasteiger partial charge in [-0.1, -0.05) is 80.4 Å². The van der Waals surface area contributed by atoms with Gasteiger partial charge in [-0.15, -0.1) is 0 Å². The van der Waals surface area contributed by atoms with Crippen molar-refractivity contribution < 1.29 is 9.59 Å². The first-order valence-corrected chi connectivity index (χ1v) is 11.7. The number of ketones is 1. The maximum Gasteiger partial charge on any atom is 0.224 e. The number of carbonyl (C=O) groups is 2. The van der Waals surface area contributed by atoms with Crippen LogP contribution in [0.5, 0.6) is 0 Å². The highest BCUT2D eigenvalue weighted by atomic mass is 16.1. The van der Waals surface area contributed by atoms with Crippen LogP contribution in [0.1, 0.15) is 51.0 Å². The molecule has 0 saturated carbocycles. The van der Waals surface area contributed by atoms with Gasteiger partial charge in [0.15, 0.2) is 0 Å². The predicted molar refractivity (Wildman–Crippen MR) is 133 cm³/mol. The molecule has 0 aliphatic carbocycles. The van der Waals surface area contributed by atoms with E-state index in [0.29, 0.717) is 31.6 Å². The second-order valence-corrected chi connectivity index (χ2v) is 8.36. The van der Waals surface area contributed by atoms with Gasteiger partial charge in [0.2, 0.25) is 5.91 Å². The van der Waals surface area contributed by atoms with E-state index in [2.05, 4.69) is 41.0 Å². The van der Waals surface area contributed by atoms with Gasteiger partial charge in [-0.3, -0.25) is 9.59 Å². The van der Waals surface area contributed by atoms with Gasteiger partial charge >= 0.3 is 0 Å². The van der Waals surface area contributed by atoms with Crippen molar-refractivity contribution in [1.82, 2.24) is 5.32 Å². The minimum atomic E-state index is 0.0413. The van der Waals surface area contributed by atoms with E-state index in [1.165, 1.54) is 10.8 Å². The summed E-state index contributed by atoms with van der Waals surface area (Å²) in [5, 5.41) is 9.13. The molecular formula is C28H34N2O2. The number of carbonyl (C=O) groups excluding carboxylic acids is 2. The second-order valence-electron chi connectivity index (χ2n) is 8.36. The summed E-state index contributed by atoms with van der Waals surface area (Å²) >= 11 is 0. The average molecular weight is 431 g/mol. The quantitative estimate of drug-likeness (QED) is 0.332. The molecule has 0 fully saturated rings. The Labute approximate surface area is 191 Å². The fourth-order valence-corrected chi connectivity index (χ4v) is 3.89. The third-order valence-electron chi connectivity index (χ3n) is 5.78. The number of rotatable bonds is 13. The van der Waals surface area contributed by atoms with Crippen molar-refractivity contribution >= 4 is 28.2 Å². The van der Waals surface area contributed by atoms with Crippen molar-refractivity contribution in [2.45, 2.75) is 57.9 Å². The molecule has 1 atom stereocenters. The minimum absolute atomic E-state index is 0.0413. The highest BCUT2D eigenvalue weighted by Crippen LogP contribution is 2.19. The van der Waals surface area contributed by atoms with Crippen molar-refractivity contribution in [2.75, 3.05) is 11.9 Å². The van der Waals surface area contributed by atoms with E-state index in [4.69, 9.17) is 0 Å². The van der Waals surface area contributed by atoms with Gasteiger partial charge in [-0.05, 0) is 41.3 Å². The van der Waals surface area contributed by atoms with E-state index in [1.807, 2.05) is 49.4 Å². The average Bonchev–Trinajstić information content (AvgIpc) is 2.82. The van der Waals surface area contributed by atoms with Crippen LogP contribution < -0.4 is 10.6 Å². The Kier molecular flexibility index (Phi) is 9.30. The molecule has 1 amide bonds. The zero-order valence-corrected chi connectivity index (χ0v) is 19.0. The Hall–Kier alpha value is -3.14. The van der Waals surface area contributed by atoms with Crippen LogP contribution in [0.25, 0.3) is 10.8 Å². The number of Topliss-reactive ketones (excluding diaryl/α,β-unsaturated/α-hetero) is 1. The van der Waals surface area contributed by atoms with E-state index in [-0.39, 0.29) is 11.9 Å². The molecule has 0 spiro atoms. The van der Waals surface area contributed by atoms with Crippen LogP contribution in [0.3, 0.4) is 0 Å². The SMILES string of the molecule is CCC(=O)CCCCCC(CNc1ccc2ccccc2c1)NC(=O)Cc1ccccc1. The van der Waals surface area contributed by atoms with E-state index >= 15 is 0 Å². The summed E-state index contributed by atoms with van der Waals surface area (Å²) in [7, 11) is 0. The van der Waals surface area contributed by atoms with Gasteiger partial charge in [0.05, 0.1) is 6.42 Å². The molecule has 4 nitrogen and oxygen atoms in total. The van der Waals surface area contributed by atoms with Gasteiger partial charge in [0.25, 0.3) is 0 Å². The monoisotopic (exact) mass is 430 g/mol. The maximum absolute atomic E-state index is 12.6. The molecule has 3 aromatic rings. The third-order valence-corrected chi connectivity index (χ3v) is 5.78. The fourth-order valence-electron chi connectivity index (χ4n) is 3.89. The van der Waals surface area contributed by atoms with Crippen LogP contribution >= 0.6 is 0 Å². The lowest BCUT2D eigenvalue weighted by molar-refractivity contribution is -0.121. The molecule has 2 N–H and O–H groups in total. The third kappa shape index (κ3) is 7.84. The second kappa shape index (κ2) is 12.7. The highest BCUT2D eigenvalue weighted by molar-refractivity contribution is 5.85. The predicted octanol–water partition coefficient (Wildman–Crippen LogP) is 5.91.